The second kappa shape index (κ2) is 4.98. The number of likely N-dealkylation sites (tertiary alicyclic amines) is 1. The van der Waals surface area contributed by atoms with E-state index in [1.807, 2.05) is 12.1 Å². The highest BCUT2D eigenvalue weighted by Crippen LogP contribution is 2.24. The second-order valence-corrected chi connectivity index (χ2v) is 4.84. The van der Waals surface area contributed by atoms with Gasteiger partial charge in [-0.15, -0.1) is 0 Å². The Morgan fingerprint density at radius 3 is 2.25 bits per heavy atom. The van der Waals surface area contributed by atoms with Gasteiger partial charge in [0.15, 0.2) is 0 Å². The molecular formula is C14H21NO. The van der Waals surface area contributed by atoms with Crippen LogP contribution in [-0.2, 0) is 0 Å². The maximum absolute atomic E-state index is 10.3. The van der Waals surface area contributed by atoms with Crippen LogP contribution in [0.1, 0.15) is 37.0 Å². The number of aliphatic hydroxyl groups is 1. The third-order valence-electron chi connectivity index (χ3n) is 3.59. The van der Waals surface area contributed by atoms with Crippen molar-refractivity contribution in [3.8, 4) is 0 Å². The Morgan fingerprint density at radius 2 is 1.69 bits per heavy atom. The molecule has 1 aromatic carbocycles. The van der Waals surface area contributed by atoms with Crippen LogP contribution < -0.4 is 0 Å². The lowest BCUT2D eigenvalue weighted by Crippen LogP contribution is -2.35. The molecule has 2 nitrogen and oxygen atoms in total. The number of hydrogen-bond acceptors (Lipinski definition) is 2. The summed E-state index contributed by atoms with van der Waals surface area (Å²) in [4.78, 5) is 2.38. The first kappa shape index (κ1) is 11.6. The van der Waals surface area contributed by atoms with Crippen LogP contribution in [0.3, 0.4) is 0 Å². The monoisotopic (exact) mass is 219 g/mol. The molecule has 0 radical (unpaired) electrons. The van der Waals surface area contributed by atoms with E-state index in [1.54, 1.807) is 0 Å². The minimum Gasteiger partial charge on any atom is -0.387 e. The number of rotatable bonds is 3. The molecule has 0 amide bonds. The Morgan fingerprint density at radius 1 is 1.12 bits per heavy atom. The van der Waals surface area contributed by atoms with Gasteiger partial charge in [0.2, 0.25) is 0 Å². The first-order chi connectivity index (χ1) is 7.68. The van der Waals surface area contributed by atoms with E-state index >= 15 is 0 Å². The molecule has 0 bridgehead atoms. The van der Waals surface area contributed by atoms with E-state index in [9.17, 15) is 5.11 Å². The average molecular weight is 219 g/mol. The largest absolute Gasteiger partial charge is 0.387 e. The number of hydrogen-bond donors (Lipinski definition) is 1. The van der Waals surface area contributed by atoms with Crippen molar-refractivity contribution in [3.63, 3.8) is 0 Å². The molecule has 1 fully saturated rings. The van der Waals surface area contributed by atoms with Crippen LogP contribution in [0.5, 0.6) is 0 Å². The summed E-state index contributed by atoms with van der Waals surface area (Å²) < 4.78 is 0. The minimum absolute atomic E-state index is 0.227. The summed E-state index contributed by atoms with van der Waals surface area (Å²) in [5.41, 5.74) is 2.27. The number of benzene rings is 1. The van der Waals surface area contributed by atoms with Gasteiger partial charge in [0, 0.05) is 6.04 Å². The summed E-state index contributed by atoms with van der Waals surface area (Å²) in [5, 5.41) is 10.3. The summed E-state index contributed by atoms with van der Waals surface area (Å²) in [6, 6.07) is 8.43. The maximum atomic E-state index is 10.3. The van der Waals surface area contributed by atoms with Gasteiger partial charge in [-0.25, -0.2) is 0 Å². The highest BCUT2D eigenvalue weighted by Gasteiger charge is 2.24. The topological polar surface area (TPSA) is 23.5 Å². The predicted octanol–water partition coefficient (Wildman–Crippen LogP) is 2.51. The Kier molecular flexibility index (Phi) is 3.62. The summed E-state index contributed by atoms with van der Waals surface area (Å²) in [6.45, 7) is 6.45. The Balaban J connectivity index is 2.05. The zero-order chi connectivity index (χ0) is 11.5. The van der Waals surface area contributed by atoms with Crippen molar-refractivity contribution < 1.29 is 5.11 Å². The van der Waals surface area contributed by atoms with Crippen LogP contribution in [0.4, 0.5) is 0 Å². The third kappa shape index (κ3) is 2.45. The predicted molar refractivity (Wildman–Crippen MR) is 66.4 cm³/mol. The lowest BCUT2D eigenvalue weighted by Gasteiger charge is -2.28. The minimum atomic E-state index is -0.362. The van der Waals surface area contributed by atoms with Gasteiger partial charge in [-0.05, 0) is 45.3 Å². The van der Waals surface area contributed by atoms with Crippen molar-refractivity contribution in [2.75, 3.05) is 13.1 Å². The quantitative estimate of drug-likeness (QED) is 0.844. The summed E-state index contributed by atoms with van der Waals surface area (Å²) >= 11 is 0. The van der Waals surface area contributed by atoms with Crippen LogP contribution in [0.2, 0.25) is 0 Å². The highest BCUT2D eigenvalue weighted by atomic mass is 16.3. The van der Waals surface area contributed by atoms with Crippen LogP contribution in [0, 0.1) is 6.92 Å². The Labute approximate surface area is 97.9 Å². The number of aliphatic hydroxyl groups excluding tert-OH is 1. The second-order valence-electron chi connectivity index (χ2n) is 4.84. The molecule has 1 aliphatic rings. The highest BCUT2D eigenvalue weighted by molar-refractivity contribution is 5.24. The van der Waals surface area contributed by atoms with Crippen molar-refractivity contribution in [2.24, 2.45) is 0 Å². The van der Waals surface area contributed by atoms with E-state index in [0.717, 1.165) is 18.7 Å². The average Bonchev–Trinajstić information content (AvgIpc) is 2.81. The van der Waals surface area contributed by atoms with Crippen LogP contribution in [0.15, 0.2) is 24.3 Å². The van der Waals surface area contributed by atoms with Gasteiger partial charge < -0.3 is 5.11 Å². The molecule has 2 atom stereocenters. The molecule has 16 heavy (non-hydrogen) atoms. The van der Waals surface area contributed by atoms with Gasteiger partial charge in [0.25, 0.3) is 0 Å². The molecule has 88 valence electrons. The fraction of sp³-hybridized carbons (Fsp3) is 0.571. The van der Waals surface area contributed by atoms with Crippen molar-refractivity contribution in [2.45, 2.75) is 38.8 Å². The van der Waals surface area contributed by atoms with Crippen molar-refractivity contribution in [1.82, 2.24) is 4.90 Å². The molecule has 1 aromatic rings. The van der Waals surface area contributed by atoms with E-state index in [0.29, 0.717) is 0 Å². The molecule has 0 aromatic heterocycles. The Hall–Kier alpha value is -0.860. The van der Waals surface area contributed by atoms with Crippen molar-refractivity contribution in [3.05, 3.63) is 35.4 Å². The molecule has 1 N–H and O–H groups in total. The third-order valence-corrected chi connectivity index (χ3v) is 3.59. The number of aryl methyl sites for hydroxylation is 1. The van der Waals surface area contributed by atoms with E-state index in [1.165, 1.54) is 18.4 Å². The molecular weight excluding hydrogens is 198 g/mol. The van der Waals surface area contributed by atoms with Crippen LogP contribution in [0.25, 0.3) is 0 Å². The molecule has 1 saturated heterocycles. The number of nitrogens with zero attached hydrogens (tertiary/aromatic N) is 1. The normalized spacial score (nSPS) is 20.9. The van der Waals surface area contributed by atoms with Crippen molar-refractivity contribution in [1.29, 1.82) is 0 Å². The standard InChI is InChI=1S/C14H21NO/c1-11-5-7-13(8-6-11)14(16)12(2)15-9-3-4-10-15/h5-8,12,14,16H,3-4,9-10H2,1-2H3. The van der Waals surface area contributed by atoms with Gasteiger partial charge in [-0.1, -0.05) is 29.8 Å². The van der Waals surface area contributed by atoms with E-state index in [-0.39, 0.29) is 12.1 Å². The van der Waals surface area contributed by atoms with E-state index in [2.05, 4.69) is 30.9 Å². The fourth-order valence-electron chi connectivity index (χ4n) is 2.39. The maximum Gasteiger partial charge on any atom is 0.0942 e. The summed E-state index contributed by atoms with van der Waals surface area (Å²) in [7, 11) is 0. The molecule has 0 spiro atoms. The van der Waals surface area contributed by atoms with E-state index < -0.39 is 0 Å². The zero-order valence-corrected chi connectivity index (χ0v) is 10.2. The molecule has 2 unspecified atom stereocenters. The van der Waals surface area contributed by atoms with Crippen molar-refractivity contribution >= 4 is 0 Å². The molecule has 0 saturated carbocycles. The summed E-state index contributed by atoms with van der Waals surface area (Å²) in [6.07, 6.45) is 2.18. The first-order valence-electron chi connectivity index (χ1n) is 6.17. The van der Waals surface area contributed by atoms with Gasteiger partial charge >= 0.3 is 0 Å². The molecule has 2 heteroatoms. The van der Waals surface area contributed by atoms with Gasteiger partial charge in [-0.2, -0.15) is 0 Å². The molecule has 0 aliphatic carbocycles. The van der Waals surface area contributed by atoms with Gasteiger partial charge in [0.1, 0.15) is 0 Å². The fourth-order valence-corrected chi connectivity index (χ4v) is 2.39. The van der Waals surface area contributed by atoms with Crippen LogP contribution in [-0.4, -0.2) is 29.1 Å². The molecule has 2 rings (SSSR count). The summed E-state index contributed by atoms with van der Waals surface area (Å²) in [5.74, 6) is 0. The van der Waals surface area contributed by atoms with Gasteiger partial charge in [-0.3, -0.25) is 4.90 Å². The Bertz CT molecular complexity index is 327. The smallest absolute Gasteiger partial charge is 0.0942 e. The first-order valence-corrected chi connectivity index (χ1v) is 6.17. The lowest BCUT2D eigenvalue weighted by atomic mass is 10.0. The van der Waals surface area contributed by atoms with Crippen LogP contribution >= 0.6 is 0 Å². The zero-order valence-electron chi connectivity index (χ0n) is 10.2. The molecule has 1 aliphatic heterocycles. The molecule has 1 heterocycles. The lowest BCUT2D eigenvalue weighted by molar-refractivity contribution is 0.0716. The SMILES string of the molecule is Cc1ccc(C(O)C(C)N2CCCC2)cc1. The van der Waals surface area contributed by atoms with E-state index in [4.69, 9.17) is 0 Å². The van der Waals surface area contributed by atoms with Gasteiger partial charge in [0.05, 0.1) is 6.10 Å².